The molecular formula is C19H18F7N5O. The first-order valence-corrected chi connectivity index (χ1v) is 9.55. The molecule has 2 N–H and O–H groups in total. The van der Waals surface area contributed by atoms with Crippen LogP contribution in [0.15, 0.2) is 24.4 Å². The molecule has 0 spiro atoms. The lowest BCUT2D eigenvalue weighted by atomic mass is 10.2. The minimum absolute atomic E-state index is 0.0161. The molecule has 0 bridgehead atoms. The van der Waals surface area contributed by atoms with Crippen LogP contribution in [0.25, 0.3) is 0 Å². The number of amides is 1. The van der Waals surface area contributed by atoms with Crippen LogP contribution in [-0.4, -0.2) is 40.4 Å². The summed E-state index contributed by atoms with van der Waals surface area (Å²) < 4.78 is 92.3. The standard InChI is InChI=1S/C19H18F7N5O/c20-13-5-4-11(18(21,22)23)9-14(13)29-17-28-10-12(19(24,25)26)16(30-17)27-6-2-8-31-7-1-3-15(31)32/h4-5,9-10H,1-3,6-8H2,(H2,27,28,29,30). The van der Waals surface area contributed by atoms with Gasteiger partial charge in [-0.3, -0.25) is 4.79 Å². The quantitative estimate of drug-likeness (QED) is 0.453. The molecule has 1 amide bonds. The van der Waals surface area contributed by atoms with Gasteiger partial charge in [0.05, 0.1) is 11.3 Å². The number of rotatable bonds is 7. The van der Waals surface area contributed by atoms with Crippen molar-refractivity contribution >= 4 is 23.4 Å². The van der Waals surface area contributed by atoms with Gasteiger partial charge < -0.3 is 15.5 Å². The van der Waals surface area contributed by atoms with Crippen LogP contribution in [0.3, 0.4) is 0 Å². The van der Waals surface area contributed by atoms with Crippen molar-refractivity contribution in [2.75, 3.05) is 30.3 Å². The lowest BCUT2D eigenvalue weighted by molar-refractivity contribution is -0.138. The van der Waals surface area contributed by atoms with Crippen molar-refractivity contribution in [2.45, 2.75) is 31.6 Å². The highest BCUT2D eigenvalue weighted by Crippen LogP contribution is 2.35. The number of halogens is 7. The molecule has 0 saturated carbocycles. The van der Waals surface area contributed by atoms with Crippen LogP contribution in [0.5, 0.6) is 0 Å². The number of likely N-dealkylation sites (tertiary alicyclic amines) is 1. The number of nitrogens with one attached hydrogen (secondary N) is 2. The lowest BCUT2D eigenvalue weighted by Gasteiger charge is -2.17. The van der Waals surface area contributed by atoms with E-state index in [2.05, 4.69) is 20.6 Å². The van der Waals surface area contributed by atoms with Crippen molar-refractivity contribution in [1.82, 2.24) is 14.9 Å². The van der Waals surface area contributed by atoms with Gasteiger partial charge in [-0.15, -0.1) is 0 Å². The highest BCUT2D eigenvalue weighted by Gasteiger charge is 2.35. The Bertz CT molecular complexity index is 978. The van der Waals surface area contributed by atoms with Gasteiger partial charge in [0.2, 0.25) is 11.9 Å². The number of alkyl halides is 6. The monoisotopic (exact) mass is 465 g/mol. The van der Waals surface area contributed by atoms with Gasteiger partial charge in [-0.1, -0.05) is 0 Å². The van der Waals surface area contributed by atoms with Gasteiger partial charge in [-0.25, -0.2) is 9.37 Å². The maximum Gasteiger partial charge on any atom is 0.421 e. The van der Waals surface area contributed by atoms with E-state index in [1.165, 1.54) is 0 Å². The second-order valence-electron chi connectivity index (χ2n) is 7.04. The lowest BCUT2D eigenvalue weighted by Crippen LogP contribution is -2.27. The van der Waals surface area contributed by atoms with Crippen molar-refractivity contribution in [3.8, 4) is 0 Å². The van der Waals surface area contributed by atoms with E-state index in [-0.39, 0.29) is 12.5 Å². The van der Waals surface area contributed by atoms with Crippen molar-refractivity contribution in [1.29, 1.82) is 0 Å². The van der Waals surface area contributed by atoms with Gasteiger partial charge in [0.25, 0.3) is 0 Å². The average molecular weight is 465 g/mol. The SMILES string of the molecule is O=C1CCCN1CCCNc1nc(Nc2cc(C(F)(F)F)ccc2F)ncc1C(F)(F)F. The van der Waals surface area contributed by atoms with Crippen LogP contribution in [-0.2, 0) is 17.1 Å². The zero-order valence-corrected chi connectivity index (χ0v) is 16.4. The van der Waals surface area contributed by atoms with Crippen molar-refractivity contribution in [3.05, 3.63) is 41.3 Å². The van der Waals surface area contributed by atoms with Crippen LogP contribution in [0.1, 0.15) is 30.4 Å². The summed E-state index contributed by atoms with van der Waals surface area (Å²) in [5, 5.41) is 4.70. The predicted molar refractivity (Wildman–Crippen MR) is 101 cm³/mol. The molecule has 0 unspecified atom stereocenters. The molecular weight excluding hydrogens is 447 g/mol. The zero-order valence-electron chi connectivity index (χ0n) is 16.4. The number of carbonyl (C=O) groups is 1. The smallest absolute Gasteiger partial charge is 0.369 e. The van der Waals surface area contributed by atoms with Crippen LogP contribution in [0.2, 0.25) is 0 Å². The van der Waals surface area contributed by atoms with E-state index in [1.807, 2.05) is 0 Å². The Hall–Kier alpha value is -3.12. The molecule has 1 aliphatic heterocycles. The van der Waals surface area contributed by atoms with E-state index in [4.69, 9.17) is 0 Å². The Balaban J connectivity index is 1.76. The molecule has 1 saturated heterocycles. The maximum atomic E-state index is 13.9. The van der Waals surface area contributed by atoms with E-state index in [9.17, 15) is 35.5 Å². The van der Waals surface area contributed by atoms with Crippen LogP contribution in [0.4, 0.5) is 48.2 Å². The third-order valence-corrected chi connectivity index (χ3v) is 4.70. The van der Waals surface area contributed by atoms with Gasteiger partial charge in [-0.2, -0.15) is 31.3 Å². The summed E-state index contributed by atoms with van der Waals surface area (Å²) in [6.45, 7) is 0.997. The number of carbonyl (C=O) groups excluding carboxylic acids is 1. The molecule has 1 fully saturated rings. The molecule has 6 nitrogen and oxygen atoms in total. The molecule has 13 heteroatoms. The first-order valence-electron chi connectivity index (χ1n) is 9.55. The minimum Gasteiger partial charge on any atom is -0.369 e. The molecule has 32 heavy (non-hydrogen) atoms. The van der Waals surface area contributed by atoms with Crippen molar-refractivity contribution < 1.29 is 35.5 Å². The Morgan fingerprint density at radius 2 is 1.84 bits per heavy atom. The van der Waals surface area contributed by atoms with Crippen molar-refractivity contribution in [2.24, 2.45) is 0 Å². The van der Waals surface area contributed by atoms with E-state index >= 15 is 0 Å². The van der Waals surface area contributed by atoms with Gasteiger partial charge in [0.15, 0.2) is 0 Å². The maximum absolute atomic E-state index is 13.9. The molecule has 2 aromatic rings. The normalized spacial score (nSPS) is 14.7. The molecule has 1 aliphatic rings. The Morgan fingerprint density at radius 3 is 2.47 bits per heavy atom. The third-order valence-electron chi connectivity index (χ3n) is 4.70. The predicted octanol–water partition coefficient (Wildman–Crippen LogP) is 4.82. The number of anilines is 3. The topological polar surface area (TPSA) is 70.2 Å². The van der Waals surface area contributed by atoms with Gasteiger partial charge >= 0.3 is 12.4 Å². The highest BCUT2D eigenvalue weighted by atomic mass is 19.4. The fraction of sp³-hybridized carbons (Fsp3) is 0.421. The van der Waals surface area contributed by atoms with E-state index in [0.29, 0.717) is 50.3 Å². The summed E-state index contributed by atoms with van der Waals surface area (Å²) in [5.74, 6) is -2.22. The molecule has 3 rings (SSSR count). The Labute approximate surface area is 177 Å². The number of aromatic nitrogens is 2. The average Bonchev–Trinajstić information content (AvgIpc) is 3.10. The second kappa shape index (κ2) is 9.17. The van der Waals surface area contributed by atoms with E-state index in [1.54, 1.807) is 4.90 Å². The van der Waals surface area contributed by atoms with Crippen LogP contribution in [0, 0.1) is 5.82 Å². The summed E-state index contributed by atoms with van der Waals surface area (Å²) in [4.78, 5) is 20.3. The molecule has 0 aliphatic carbocycles. The van der Waals surface area contributed by atoms with Gasteiger partial charge in [0.1, 0.15) is 17.2 Å². The van der Waals surface area contributed by atoms with Crippen molar-refractivity contribution in [3.63, 3.8) is 0 Å². The third kappa shape index (κ3) is 5.77. The first kappa shape index (κ1) is 23.5. The summed E-state index contributed by atoms with van der Waals surface area (Å²) in [5.41, 5.74) is -2.98. The number of hydrogen-bond acceptors (Lipinski definition) is 5. The molecule has 0 radical (unpaired) electrons. The van der Waals surface area contributed by atoms with Crippen LogP contribution < -0.4 is 10.6 Å². The summed E-state index contributed by atoms with van der Waals surface area (Å²) in [7, 11) is 0. The fourth-order valence-electron chi connectivity index (χ4n) is 3.12. The highest BCUT2D eigenvalue weighted by molar-refractivity contribution is 5.78. The molecule has 0 atom stereocenters. The first-order chi connectivity index (χ1) is 14.9. The number of hydrogen-bond donors (Lipinski definition) is 2. The molecule has 2 heterocycles. The zero-order chi connectivity index (χ0) is 23.5. The summed E-state index contributed by atoms with van der Waals surface area (Å²) in [6.07, 6.45) is -7.57. The van der Waals surface area contributed by atoms with E-state index < -0.39 is 46.8 Å². The summed E-state index contributed by atoms with van der Waals surface area (Å²) in [6, 6.07) is 1.58. The molecule has 1 aromatic carbocycles. The number of nitrogens with zero attached hydrogens (tertiary/aromatic N) is 3. The Kier molecular flexibility index (Phi) is 6.74. The van der Waals surface area contributed by atoms with Gasteiger partial charge in [-0.05, 0) is 31.0 Å². The second-order valence-corrected chi connectivity index (χ2v) is 7.04. The summed E-state index contributed by atoms with van der Waals surface area (Å²) >= 11 is 0. The van der Waals surface area contributed by atoms with Gasteiger partial charge in [0, 0.05) is 32.3 Å². The van der Waals surface area contributed by atoms with E-state index in [0.717, 1.165) is 6.42 Å². The van der Waals surface area contributed by atoms with Crippen LogP contribution >= 0.6 is 0 Å². The number of benzene rings is 1. The largest absolute Gasteiger partial charge is 0.421 e. The fourth-order valence-corrected chi connectivity index (χ4v) is 3.12. The minimum atomic E-state index is -4.80. The molecule has 174 valence electrons. The molecule has 1 aromatic heterocycles. The Morgan fingerprint density at radius 1 is 1.09 bits per heavy atom.